The summed E-state index contributed by atoms with van der Waals surface area (Å²) < 4.78 is 14.3. The standard InChI is InChI=1S/C13H11BrFN/c1-8-5-6-9(12(16)7-8)10-3-2-4-11(14)13(10)15/h2-7H,16H2,1H3. The predicted octanol–water partition coefficient (Wildman–Crippen LogP) is 4.15. The molecule has 0 amide bonds. The van der Waals surface area contributed by atoms with Gasteiger partial charge in [-0.2, -0.15) is 0 Å². The number of hydrogen-bond acceptors (Lipinski definition) is 1. The van der Waals surface area contributed by atoms with Crippen LogP contribution in [-0.2, 0) is 0 Å². The van der Waals surface area contributed by atoms with Gasteiger partial charge in [0, 0.05) is 16.8 Å². The van der Waals surface area contributed by atoms with Crippen LogP contribution in [0.25, 0.3) is 11.1 Å². The van der Waals surface area contributed by atoms with Gasteiger partial charge in [-0.25, -0.2) is 4.39 Å². The molecule has 2 aromatic carbocycles. The highest BCUT2D eigenvalue weighted by Gasteiger charge is 2.10. The van der Waals surface area contributed by atoms with Crippen molar-refractivity contribution in [3.63, 3.8) is 0 Å². The summed E-state index contributed by atoms with van der Waals surface area (Å²) >= 11 is 3.17. The Labute approximate surface area is 102 Å². The Morgan fingerprint density at radius 2 is 1.88 bits per heavy atom. The topological polar surface area (TPSA) is 26.0 Å². The SMILES string of the molecule is Cc1ccc(-c2cccc(Br)c2F)c(N)c1. The number of rotatable bonds is 1. The molecule has 2 N–H and O–H groups in total. The molecule has 0 radical (unpaired) electrons. The van der Waals surface area contributed by atoms with Gasteiger partial charge in [0.15, 0.2) is 0 Å². The molecule has 0 saturated heterocycles. The van der Waals surface area contributed by atoms with Crippen molar-refractivity contribution in [1.29, 1.82) is 0 Å². The first-order valence-corrected chi connectivity index (χ1v) is 5.69. The summed E-state index contributed by atoms with van der Waals surface area (Å²) in [5.41, 5.74) is 8.80. The molecule has 0 heterocycles. The van der Waals surface area contributed by atoms with Crippen molar-refractivity contribution in [3.8, 4) is 11.1 Å². The van der Waals surface area contributed by atoms with Crippen LogP contribution in [0, 0.1) is 12.7 Å². The first kappa shape index (κ1) is 11.1. The first-order valence-electron chi connectivity index (χ1n) is 4.90. The van der Waals surface area contributed by atoms with Gasteiger partial charge in [-0.1, -0.05) is 24.3 Å². The largest absolute Gasteiger partial charge is 0.398 e. The summed E-state index contributed by atoms with van der Waals surface area (Å²) in [7, 11) is 0. The summed E-state index contributed by atoms with van der Waals surface area (Å²) in [6.07, 6.45) is 0. The predicted molar refractivity (Wildman–Crippen MR) is 68.7 cm³/mol. The third-order valence-corrected chi connectivity index (χ3v) is 3.06. The maximum absolute atomic E-state index is 13.9. The molecule has 0 bridgehead atoms. The number of benzene rings is 2. The molecule has 0 saturated carbocycles. The van der Waals surface area contributed by atoms with Crippen molar-refractivity contribution < 1.29 is 4.39 Å². The molecule has 0 fully saturated rings. The van der Waals surface area contributed by atoms with E-state index in [9.17, 15) is 4.39 Å². The lowest BCUT2D eigenvalue weighted by Gasteiger charge is -2.08. The lowest BCUT2D eigenvalue weighted by atomic mass is 10.0. The molecule has 0 aliphatic heterocycles. The Balaban J connectivity index is 2.63. The molecule has 0 unspecified atom stereocenters. The zero-order chi connectivity index (χ0) is 11.7. The van der Waals surface area contributed by atoms with E-state index in [-0.39, 0.29) is 5.82 Å². The van der Waals surface area contributed by atoms with Crippen molar-refractivity contribution in [2.24, 2.45) is 0 Å². The van der Waals surface area contributed by atoms with E-state index in [2.05, 4.69) is 15.9 Å². The number of anilines is 1. The van der Waals surface area contributed by atoms with Gasteiger partial charge in [0.05, 0.1) is 4.47 Å². The second kappa shape index (κ2) is 4.26. The van der Waals surface area contributed by atoms with Crippen molar-refractivity contribution in [1.82, 2.24) is 0 Å². The van der Waals surface area contributed by atoms with Crippen LogP contribution in [0.5, 0.6) is 0 Å². The van der Waals surface area contributed by atoms with Crippen LogP contribution < -0.4 is 5.73 Å². The Hall–Kier alpha value is -1.35. The molecule has 0 spiro atoms. The van der Waals surface area contributed by atoms with E-state index in [0.717, 1.165) is 11.1 Å². The van der Waals surface area contributed by atoms with Gasteiger partial charge in [-0.05, 0) is 40.5 Å². The number of hydrogen-bond donors (Lipinski definition) is 1. The number of aryl methyl sites for hydroxylation is 1. The zero-order valence-corrected chi connectivity index (χ0v) is 10.4. The van der Waals surface area contributed by atoms with Crippen molar-refractivity contribution in [3.05, 3.63) is 52.3 Å². The molecule has 2 rings (SSSR count). The quantitative estimate of drug-likeness (QED) is 0.780. The van der Waals surface area contributed by atoms with Crippen LogP contribution in [0.4, 0.5) is 10.1 Å². The van der Waals surface area contributed by atoms with E-state index in [1.54, 1.807) is 18.2 Å². The van der Waals surface area contributed by atoms with Gasteiger partial charge in [-0.3, -0.25) is 0 Å². The normalized spacial score (nSPS) is 10.4. The van der Waals surface area contributed by atoms with Crippen molar-refractivity contribution in [2.45, 2.75) is 6.92 Å². The summed E-state index contributed by atoms with van der Waals surface area (Å²) in [4.78, 5) is 0. The minimum absolute atomic E-state index is 0.280. The fourth-order valence-corrected chi connectivity index (χ4v) is 2.01. The minimum Gasteiger partial charge on any atom is -0.398 e. The van der Waals surface area contributed by atoms with E-state index in [1.807, 2.05) is 25.1 Å². The lowest BCUT2D eigenvalue weighted by molar-refractivity contribution is 0.625. The first-order chi connectivity index (χ1) is 7.59. The van der Waals surface area contributed by atoms with E-state index in [0.29, 0.717) is 15.7 Å². The highest BCUT2D eigenvalue weighted by Crippen LogP contribution is 2.31. The van der Waals surface area contributed by atoms with Crippen LogP contribution in [-0.4, -0.2) is 0 Å². The second-order valence-corrected chi connectivity index (χ2v) is 4.55. The number of nitrogen functional groups attached to an aromatic ring is 1. The number of halogens is 2. The fourth-order valence-electron chi connectivity index (χ4n) is 1.64. The summed E-state index contributed by atoms with van der Waals surface area (Å²) in [6, 6.07) is 10.8. The van der Waals surface area contributed by atoms with Crippen LogP contribution in [0.3, 0.4) is 0 Å². The van der Waals surface area contributed by atoms with E-state index in [4.69, 9.17) is 5.73 Å². The van der Waals surface area contributed by atoms with Crippen molar-refractivity contribution in [2.75, 3.05) is 5.73 Å². The molecule has 82 valence electrons. The van der Waals surface area contributed by atoms with Crippen molar-refractivity contribution >= 4 is 21.6 Å². The van der Waals surface area contributed by atoms with Crippen LogP contribution >= 0.6 is 15.9 Å². The van der Waals surface area contributed by atoms with Gasteiger partial charge < -0.3 is 5.73 Å². The molecular weight excluding hydrogens is 269 g/mol. The van der Waals surface area contributed by atoms with Gasteiger partial charge in [0.1, 0.15) is 5.82 Å². The molecule has 1 nitrogen and oxygen atoms in total. The molecule has 16 heavy (non-hydrogen) atoms. The average Bonchev–Trinajstić information content (AvgIpc) is 2.23. The van der Waals surface area contributed by atoms with Gasteiger partial charge >= 0.3 is 0 Å². The summed E-state index contributed by atoms with van der Waals surface area (Å²) in [6.45, 7) is 1.96. The number of nitrogens with two attached hydrogens (primary N) is 1. The third kappa shape index (κ3) is 1.95. The highest BCUT2D eigenvalue weighted by atomic mass is 79.9. The van der Waals surface area contributed by atoms with Gasteiger partial charge in [0.25, 0.3) is 0 Å². The Morgan fingerprint density at radius 3 is 2.56 bits per heavy atom. The molecule has 3 heteroatoms. The maximum Gasteiger partial charge on any atom is 0.145 e. The Kier molecular flexibility index (Phi) is 2.97. The van der Waals surface area contributed by atoms with Crippen LogP contribution in [0.15, 0.2) is 40.9 Å². The molecular formula is C13H11BrFN. The van der Waals surface area contributed by atoms with Crippen LogP contribution in [0.2, 0.25) is 0 Å². The van der Waals surface area contributed by atoms with E-state index < -0.39 is 0 Å². The smallest absolute Gasteiger partial charge is 0.145 e. The lowest BCUT2D eigenvalue weighted by Crippen LogP contribution is -1.93. The highest BCUT2D eigenvalue weighted by molar-refractivity contribution is 9.10. The molecule has 0 atom stereocenters. The fraction of sp³-hybridized carbons (Fsp3) is 0.0769. The zero-order valence-electron chi connectivity index (χ0n) is 8.80. The van der Waals surface area contributed by atoms with E-state index >= 15 is 0 Å². The summed E-state index contributed by atoms with van der Waals surface area (Å²) in [5.74, 6) is -0.280. The molecule has 0 aliphatic carbocycles. The average molecular weight is 280 g/mol. The molecule has 0 aromatic heterocycles. The van der Waals surface area contributed by atoms with Crippen LogP contribution in [0.1, 0.15) is 5.56 Å². The summed E-state index contributed by atoms with van der Waals surface area (Å²) in [5, 5.41) is 0. The molecule has 2 aromatic rings. The second-order valence-electron chi connectivity index (χ2n) is 3.69. The third-order valence-electron chi connectivity index (χ3n) is 2.45. The monoisotopic (exact) mass is 279 g/mol. The molecule has 0 aliphatic rings. The Bertz CT molecular complexity index is 537. The van der Waals surface area contributed by atoms with Gasteiger partial charge in [-0.15, -0.1) is 0 Å². The minimum atomic E-state index is -0.280. The maximum atomic E-state index is 13.9. The van der Waals surface area contributed by atoms with E-state index in [1.165, 1.54) is 0 Å². The Morgan fingerprint density at radius 1 is 1.12 bits per heavy atom. The van der Waals surface area contributed by atoms with Gasteiger partial charge in [0.2, 0.25) is 0 Å².